The zero-order valence-corrected chi connectivity index (χ0v) is 17.7. The van der Waals surface area contributed by atoms with Crippen molar-refractivity contribution in [3.63, 3.8) is 0 Å². The Kier molecular flexibility index (Phi) is 7.79. The molecule has 2 atom stereocenters. The van der Waals surface area contributed by atoms with Crippen molar-refractivity contribution in [1.82, 2.24) is 4.90 Å². The van der Waals surface area contributed by atoms with E-state index in [-0.39, 0.29) is 0 Å². The van der Waals surface area contributed by atoms with E-state index < -0.39 is 0 Å². The summed E-state index contributed by atoms with van der Waals surface area (Å²) in [7, 11) is 1.72. The summed E-state index contributed by atoms with van der Waals surface area (Å²) >= 11 is 0. The maximum atomic E-state index is 5.98. The van der Waals surface area contributed by atoms with Crippen molar-refractivity contribution in [3.8, 4) is 11.5 Å². The molecule has 3 rings (SSSR count). The summed E-state index contributed by atoms with van der Waals surface area (Å²) in [4.78, 5) is 2.49. The number of hydrogen-bond acceptors (Lipinski definition) is 3. The third-order valence-corrected chi connectivity index (χ3v) is 6.09. The molecule has 2 aromatic carbocycles. The van der Waals surface area contributed by atoms with Crippen LogP contribution in [-0.2, 0) is 0 Å². The Bertz CT molecular complexity index is 689. The molecule has 1 aliphatic heterocycles. The van der Waals surface area contributed by atoms with E-state index in [1.165, 1.54) is 37.1 Å². The van der Waals surface area contributed by atoms with Crippen molar-refractivity contribution in [2.24, 2.45) is 0 Å². The van der Waals surface area contributed by atoms with Crippen molar-refractivity contribution >= 4 is 0 Å². The highest BCUT2D eigenvalue weighted by Crippen LogP contribution is 2.38. The Morgan fingerprint density at radius 3 is 1.75 bits per heavy atom. The van der Waals surface area contributed by atoms with Gasteiger partial charge < -0.3 is 9.47 Å². The molecule has 0 saturated carbocycles. The van der Waals surface area contributed by atoms with E-state index in [0.29, 0.717) is 11.8 Å². The highest BCUT2D eigenvalue weighted by atomic mass is 16.5. The monoisotopic (exact) mass is 381 g/mol. The van der Waals surface area contributed by atoms with Crippen LogP contribution in [0, 0.1) is 0 Å². The number of methoxy groups -OCH3 is 1. The molecule has 3 nitrogen and oxygen atoms in total. The molecule has 1 fully saturated rings. The summed E-state index contributed by atoms with van der Waals surface area (Å²) in [5, 5.41) is 0. The van der Waals surface area contributed by atoms with Gasteiger partial charge in [-0.15, -0.1) is 0 Å². The molecule has 2 aromatic rings. The molecule has 1 aliphatic rings. The minimum atomic E-state index is 0.511. The van der Waals surface area contributed by atoms with Crippen molar-refractivity contribution < 1.29 is 9.47 Å². The smallest absolute Gasteiger partial charge is 0.119 e. The van der Waals surface area contributed by atoms with E-state index in [0.717, 1.165) is 37.5 Å². The second kappa shape index (κ2) is 10.5. The Labute approximate surface area is 170 Å². The summed E-state index contributed by atoms with van der Waals surface area (Å²) < 4.78 is 11.3. The van der Waals surface area contributed by atoms with Crippen molar-refractivity contribution in [3.05, 3.63) is 59.7 Å². The molecule has 152 valence electrons. The van der Waals surface area contributed by atoms with Crippen molar-refractivity contribution in [1.29, 1.82) is 0 Å². The topological polar surface area (TPSA) is 21.7 Å². The summed E-state index contributed by atoms with van der Waals surface area (Å²) in [5.74, 6) is 2.92. The maximum absolute atomic E-state index is 5.98. The second-order valence-electron chi connectivity index (χ2n) is 7.77. The number of rotatable bonds is 10. The van der Waals surface area contributed by atoms with Crippen molar-refractivity contribution in [2.45, 2.75) is 51.4 Å². The number of nitrogens with zero attached hydrogens (tertiary/aromatic N) is 1. The van der Waals surface area contributed by atoms with Crippen LogP contribution in [0.2, 0.25) is 0 Å². The third kappa shape index (κ3) is 5.29. The van der Waals surface area contributed by atoms with Crippen LogP contribution in [0.25, 0.3) is 0 Å². The van der Waals surface area contributed by atoms with Gasteiger partial charge in [0.1, 0.15) is 18.1 Å². The van der Waals surface area contributed by atoms with E-state index in [9.17, 15) is 0 Å². The first-order valence-electron chi connectivity index (χ1n) is 10.8. The Morgan fingerprint density at radius 1 is 0.786 bits per heavy atom. The lowest BCUT2D eigenvalue weighted by molar-refractivity contribution is 0.237. The molecule has 0 aromatic heterocycles. The van der Waals surface area contributed by atoms with Gasteiger partial charge in [-0.1, -0.05) is 38.1 Å². The Morgan fingerprint density at radius 2 is 1.29 bits per heavy atom. The highest BCUT2D eigenvalue weighted by molar-refractivity contribution is 5.35. The van der Waals surface area contributed by atoms with Gasteiger partial charge in [0.05, 0.1) is 7.11 Å². The molecule has 0 aliphatic carbocycles. The maximum Gasteiger partial charge on any atom is 0.119 e. The van der Waals surface area contributed by atoms with Gasteiger partial charge in [0.15, 0.2) is 0 Å². The Balaban J connectivity index is 1.63. The van der Waals surface area contributed by atoms with Gasteiger partial charge in [0, 0.05) is 6.54 Å². The van der Waals surface area contributed by atoms with Crippen LogP contribution in [0.15, 0.2) is 48.5 Å². The van der Waals surface area contributed by atoms with Gasteiger partial charge in [0.2, 0.25) is 0 Å². The molecule has 3 heteroatoms. The predicted molar refractivity (Wildman–Crippen MR) is 117 cm³/mol. The van der Waals surface area contributed by atoms with Gasteiger partial charge in [-0.25, -0.2) is 0 Å². The minimum Gasteiger partial charge on any atom is -0.497 e. The lowest BCUT2D eigenvalue weighted by atomic mass is 9.78. The third-order valence-electron chi connectivity index (χ3n) is 6.09. The van der Waals surface area contributed by atoms with Crippen LogP contribution < -0.4 is 9.47 Å². The van der Waals surface area contributed by atoms with E-state index in [1.54, 1.807) is 7.11 Å². The number of ether oxygens (including phenoxy) is 2. The number of benzene rings is 2. The minimum absolute atomic E-state index is 0.511. The van der Waals surface area contributed by atoms with Crippen LogP contribution in [0.3, 0.4) is 0 Å². The van der Waals surface area contributed by atoms with Crippen LogP contribution in [0.4, 0.5) is 0 Å². The van der Waals surface area contributed by atoms with E-state index in [1.807, 2.05) is 0 Å². The summed E-state index contributed by atoms with van der Waals surface area (Å²) in [5.41, 5.74) is 2.79. The molecule has 0 amide bonds. The van der Waals surface area contributed by atoms with E-state index in [4.69, 9.17) is 9.47 Å². The molecule has 0 N–H and O–H groups in total. The average molecular weight is 382 g/mol. The molecule has 0 radical (unpaired) electrons. The first-order valence-corrected chi connectivity index (χ1v) is 10.8. The first-order chi connectivity index (χ1) is 13.7. The SMILES string of the molecule is CCC(c1ccc(OC)cc1)C(CC)c1ccc(OCCN2CCCC2)cc1. The fraction of sp³-hybridized carbons (Fsp3) is 0.520. The van der Waals surface area contributed by atoms with Gasteiger partial charge in [0.25, 0.3) is 0 Å². The molecule has 0 bridgehead atoms. The fourth-order valence-electron chi connectivity index (χ4n) is 4.47. The van der Waals surface area contributed by atoms with Crippen LogP contribution >= 0.6 is 0 Å². The van der Waals surface area contributed by atoms with Gasteiger partial charge in [-0.3, -0.25) is 4.90 Å². The van der Waals surface area contributed by atoms with E-state index in [2.05, 4.69) is 67.3 Å². The lowest BCUT2D eigenvalue weighted by Crippen LogP contribution is -2.25. The van der Waals surface area contributed by atoms with Crippen LogP contribution in [0.5, 0.6) is 11.5 Å². The van der Waals surface area contributed by atoms with Gasteiger partial charge in [-0.05, 0) is 86.0 Å². The average Bonchev–Trinajstić information content (AvgIpc) is 3.26. The summed E-state index contributed by atoms with van der Waals surface area (Å²) in [6.07, 6.45) is 4.92. The zero-order chi connectivity index (χ0) is 19.8. The molecular formula is C25H35NO2. The largest absolute Gasteiger partial charge is 0.497 e. The normalized spacial score (nSPS) is 16.7. The highest BCUT2D eigenvalue weighted by Gasteiger charge is 2.22. The molecule has 0 spiro atoms. The number of likely N-dealkylation sites (tertiary alicyclic amines) is 1. The molecule has 1 heterocycles. The summed E-state index contributed by atoms with van der Waals surface area (Å²) in [6.45, 7) is 8.84. The summed E-state index contributed by atoms with van der Waals surface area (Å²) in [6, 6.07) is 17.4. The van der Waals surface area contributed by atoms with Gasteiger partial charge >= 0.3 is 0 Å². The lowest BCUT2D eigenvalue weighted by Gasteiger charge is -2.26. The quantitative estimate of drug-likeness (QED) is 0.515. The van der Waals surface area contributed by atoms with Crippen LogP contribution in [-0.4, -0.2) is 38.3 Å². The predicted octanol–water partition coefficient (Wildman–Crippen LogP) is 5.86. The van der Waals surface area contributed by atoms with Gasteiger partial charge in [-0.2, -0.15) is 0 Å². The van der Waals surface area contributed by atoms with Crippen molar-refractivity contribution in [2.75, 3.05) is 33.4 Å². The molecule has 2 unspecified atom stereocenters. The van der Waals surface area contributed by atoms with E-state index >= 15 is 0 Å². The fourth-order valence-corrected chi connectivity index (χ4v) is 4.47. The van der Waals surface area contributed by atoms with Crippen LogP contribution in [0.1, 0.15) is 62.5 Å². The number of hydrogen-bond donors (Lipinski definition) is 0. The zero-order valence-electron chi connectivity index (χ0n) is 17.7. The molecular weight excluding hydrogens is 346 g/mol. The second-order valence-corrected chi connectivity index (χ2v) is 7.77. The molecule has 28 heavy (non-hydrogen) atoms. The molecule has 1 saturated heterocycles. The standard InChI is InChI=1S/C25H35NO2/c1-4-24(20-8-12-22(27-3)13-9-20)25(5-2)21-10-14-23(15-11-21)28-19-18-26-16-6-7-17-26/h8-15,24-25H,4-7,16-19H2,1-3H3. The first kappa shape index (κ1) is 20.7. The Hall–Kier alpha value is -2.00.